The lowest BCUT2D eigenvalue weighted by atomic mass is 10.2. The number of furan rings is 1. The minimum Gasteiger partial charge on any atom is -0.490 e. The van der Waals surface area contributed by atoms with Crippen LogP contribution in [0.2, 0.25) is 0 Å². The highest BCUT2D eigenvalue weighted by atomic mass is 127. The molecule has 1 N–H and O–H groups in total. The van der Waals surface area contributed by atoms with Crippen molar-refractivity contribution in [3.8, 4) is 22.9 Å². The molecule has 0 saturated carbocycles. The van der Waals surface area contributed by atoms with Crippen molar-refractivity contribution in [2.75, 3.05) is 6.61 Å². The zero-order chi connectivity index (χ0) is 32.6. The van der Waals surface area contributed by atoms with Crippen LogP contribution in [0, 0.1) is 27.5 Å². The minimum absolute atomic E-state index is 0.0153. The summed E-state index contributed by atoms with van der Waals surface area (Å²) in [5.41, 5.74) is 7.31. The SMILES string of the molecule is CCOc1cc(/C=N/NC(=O)c2ccc(COc3ccc(-n4c(C)ccc4C)cc3)o2)cc(I)c1OCc1ccc([N+](=O)[O-])cc1. The Kier molecular flexibility index (Phi) is 10.4. The zero-order valence-electron chi connectivity index (χ0n) is 25.4. The number of aromatic nitrogens is 1. The molecule has 3 aromatic carbocycles. The Bertz CT molecular complexity index is 1840. The summed E-state index contributed by atoms with van der Waals surface area (Å²) in [6.45, 7) is 6.76. The average Bonchev–Trinajstić information content (AvgIpc) is 3.66. The molecular formula is C34H31IN4O7. The van der Waals surface area contributed by atoms with Crippen LogP contribution in [0.5, 0.6) is 17.2 Å². The number of non-ortho nitro benzene ring substituents is 1. The van der Waals surface area contributed by atoms with Gasteiger partial charge < -0.3 is 23.2 Å². The second-order valence-electron chi connectivity index (χ2n) is 10.2. The highest BCUT2D eigenvalue weighted by molar-refractivity contribution is 14.1. The summed E-state index contributed by atoms with van der Waals surface area (Å²) in [7, 11) is 0. The van der Waals surface area contributed by atoms with Crippen LogP contribution in [-0.2, 0) is 13.2 Å². The quantitative estimate of drug-likeness (QED) is 0.0573. The summed E-state index contributed by atoms with van der Waals surface area (Å²) in [6.07, 6.45) is 1.50. The molecule has 1 amide bonds. The van der Waals surface area contributed by atoms with Gasteiger partial charge >= 0.3 is 5.91 Å². The number of carbonyl (C=O) groups excluding carboxylic acids is 1. The molecule has 2 aromatic heterocycles. The van der Waals surface area contributed by atoms with Gasteiger partial charge in [-0.25, -0.2) is 5.43 Å². The summed E-state index contributed by atoms with van der Waals surface area (Å²) in [4.78, 5) is 23.1. The van der Waals surface area contributed by atoms with Crippen LogP contribution in [0.1, 0.15) is 45.8 Å². The topological polar surface area (TPSA) is 130 Å². The smallest absolute Gasteiger partial charge is 0.307 e. The van der Waals surface area contributed by atoms with Crippen molar-refractivity contribution >= 4 is 40.4 Å². The number of hydrogen-bond acceptors (Lipinski definition) is 8. The number of hydrogen-bond donors (Lipinski definition) is 1. The number of nitro benzene ring substituents is 1. The molecule has 0 bridgehead atoms. The number of ether oxygens (including phenoxy) is 3. The molecule has 236 valence electrons. The molecule has 0 aliphatic rings. The van der Waals surface area contributed by atoms with Gasteiger partial charge in [0.25, 0.3) is 5.69 Å². The number of nitrogens with zero attached hydrogens (tertiary/aromatic N) is 3. The standard InChI is InChI=1S/C34H31IN4O7/c1-4-43-32-18-25(17-30(35)33(32)45-20-24-7-9-27(10-8-24)39(41)42)19-36-37-34(40)31-16-15-29(46-31)21-44-28-13-11-26(12-14-28)38-22(2)5-6-23(38)3/h5-19H,4,20-21H2,1-3H3,(H,37,40)/b36-19+. The van der Waals surface area contributed by atoms with E-state index < -0.39 is 10.8 Å². The van der Waals surface area contributed by atoms with Crippen LogP contribution in [0.4, 0.5) is 5.69 Å². The molecule has 0 spiro atoms. The van der Waals surface area contributed by atoms with Crippen LogP contribution in [-0.4, -0.2) is 28.2 Å². The third-order valence-electron chi connectivity index (χ3n) is 6.87. The van der Waals surface area contributed by atoms with Crippen LogP contribution < -0.4 is 19.6 Å². The molecule has 0 atom stereocenters. The fourth-order valence-electron chi connectivity index (χ4n) is 4.65. The van der Waals surface area contributed by atoms with Gasteiger partial charge in [0.1, 0.15) is 24.7 Å². The van der Waals surface area contributed by atoms with Gasteiger partial charge in [0.2, 0.25) is 0 Å². The third-order valence-corrected chi connectivity index (χ3v) is 7.68. The molecule has 2 heterocycles. The molecule has 0 fully saturated rings. The van der Waals surface area contributed by atoms with Gasteiger partial charge in [-0.15, -0.1) is 0 Å². The Hall–Kier alpha value is -5.11. The van der Waals surface area contributed by atoms with Gasteiger partial charge in [-0.05, 0) is 127 Å². The fraction of sp³-hybridized carbons (Fsp3) is 0.176. The van der Waals surface area contributed by atoms with Crippen LogP contribution in [0.15, 0.2) is 94.4 Å². The first-order valence-corrected chi connectivity index (χ1v) is 15.4. The van der Waals surface area contributed by atoms with Crippen LogP contribution in [0.25, 0.3) is 5.69 Å². The number of rotatable bonds is 13. The predicted octanol–water partition coefficient (Wildman–Crippen LogP) is 7.52. The first kappa shape index (κ1) is 32.3. The van der Waals surface area contributed by atoms with E-state index in [1.54, 1.807) is 30.3 Å². The van der Waals surface area contributed by atoms with E-state index in [4.69, 9.17) is 18.6 Å². The fourth-order valence-corrected chi connectivity index (χ4v) is 5.44. The molecule has 0 radical (unpaired) electrons. The molecule has 46 heavy (non-hydrogen) atoms. The number of nitrogens with one attached hydrogen (secondary N) is 1. The minimum atomic E-state index is -0.507. The summed E-state index contributed by atoms with van der Waals surface area (Å²) < 4.78 is 26.2. The number of carbonyl (C=O) groups is 1. The molecule has 0 unspecified atom stereocenters. The van der Waals surface area contributed by atoms with Gasteiger partial charge in [0, 0.05) is 29.2 Å². The number of halogens is 1. The van der Waals surface area contributed by atoms with Crippen molar-refractivity contribution in [1.29, 1.82) is 0 Å². The maximum absolute atomic E-state index is 12.7. The van der Waals surface area contributed by atoms with Crippen LogP contribution >= 0.6 is 22.6 Å². The number of nitro groups is 1. The van der Waals surface area contributed by atoms with Crippen molar-refractivity contribution in [3.05, 3.63) is 133 Å². The van der Waals surface area contributed by atoms with Gasteiger partial charge in [0.05, 0.1) is 21.3 Å². The van der Waals surface area contributed by atoms with E-state index in [0.29, 0.717) is 35.2 Å². The lowest BCUT2D eigenvalue weighted by Crippen LogP contribution is -2.16. The molecule has 5 rings (SSSR count). The monoisotopic (exact) mass is 734 g/mol. The van der Waals surface area contributed by atoms with E-state index >= 15 is 0 Å². The van der Waals surface area contributed by atoms with E-state index in [2.05, 4.69) is 63.7 Å². The Morgan fingerprint density at radius 3 is 2.35 bits per heavy atom. The first-order chi connectivity index (χ1) is 22.2. The average molecular weight is 735 g/mol. The maximum Gasteiger partial charge on any atom is 0.307 e. The van der Waals surface area contributed by atoms with E-state index in [9.17, 15) is 14.9 Å². The van der Waals surface area contributed by atoms with E-state index in [1.807, 2.05) is 37.3 Å². The lowest BCUT2D eigenvalue weighted by molar-refractivity contribution is -0.384. The first-order valence-electron chi connectivity index (χ1n) is 14.3. The summed E-state index contributed by atoms with van der Waals surface area (Å²) in [5, 5.41) is 15.0. The molecule has 0 saturated heterocycles. The Balaban J connectivity index is 1.15. The molecule has 0 aliphatic carbocycles. The number of amides is 1. The molecular weight excluding hydrogens is 703 g/mol. The largest absolute Gasteiger partial charge is 0.490 e. The van der Waals surface area contributed by atoms with Crippen molar-refractivity contribution in [2.45, 2.75) is 34.0 Å². The Labute approximate surface area is 279 Å². The number of hydrazone groups is 1. The van der Waals surface area contributed by atoms with Crippen molar-refractivity contribution in [3.63, 3.8) is 0 Å². The summed E-state index contributed by atoms with van der Waals surface area (Å²) in [6, 6.07) is 25.0. The summed E-state index contributed by atoms with van der Waals surface area (Å²) in [5.74, 6) is 1.81. The zero-order valence-corrected chi connectivity index (χ0v) is 27.5. The Morgan fingerprint density at radius 2 is 1.67 bits per heavy atom. The van der Waals surface area contributed by atoms with Crippen LogP contribution in [0.3, 0.4) is 0 Å². The highest BCUT2D eigenvalue weighted by Crippen LogP contribution is 2.34. The van der Waals surface area contributed by atoms with Gasteiger partial charge in [-0.1, -0.05) is 0 Å². The van der Waals surface area contributed by atoms with Crippen molar-refractivity contribution < 1.29 is 28.3 Å². The normalized spacial score (nSPS) is 11.0. The maximum atomic E-state index is 12.7. The Morgan fingerprint density at radius 1 is 0.957 bits per heavy atom. The van der Waals surface area contributed by atoms with E-state index in [0.717, 1.165) is 26.2 Å². The predicted molar refractivity (Wildman–Crippen MR) is 181 cm³/mol. The summed E-state index contributed by atoms with van der Waals surface area (Å²) >= 11 is 2.13. The second kappa shape index (κ2) is 14.8. The van der Waals surface area contributed by atoms with Gasteiger partial charge in [-0.3, -0.25) is 14.9 Å². The van der Waals surface area contributed by atoms with Crippen molar-refractivity contribution in [1.82, 2.24) is 9.99 Å². The highest BCUT2D eigenvalue weighted by Gasteiger charge is 2.14. The van der Waals surface area contributed by atoms with E-state index in [1.165, 1.54) is 18.3 Å². The molecule has 12 heteroatoms. The molecule has 11 nitrogen and oxygen atoms in total. The van der Waals surface area contributed by atoms with Gasteiger partial charge in [-0.2, -0.15) is 5.10 Å². The third kappa shape index (κ3) is 7.93. The lowest BCUT2D eigenvalue weighted by Gasteiger charge is -2.14. The van der Waals surface area contributed by atoms with Crippen molar-refractivity contribution in [2.24, 2.45) is 5.10 Å². The second-order valence-corrected chi connectivity index (χ2v) is 11.3. The molecule has 0 aliphatic heterocycles. The number of aryl methyl sites for hydroxylation is 2. The molecule has 5 aromatic rings. The number of benzene rings is 3. The van der Waals surface area contributed by atoms with Gasteiger partial charge in [0.15, 0.2) is 17.3 Å². The van der Waals surface area contributed by atoms with E-state index in [-0.39, 0.29) is 24.7 Å².